The van der Waals surface area contributed by atoms with Crippen LogP contribution < -0.4 is 0 Å². The molecule has 2 fully saturated rings. The molecule has 0 bridgehead atoms. The summed E-state index contributed by atoms with van der Waals surface area (Å²) in [5.74, 6) is -0.121. The van der Waals surface area contributed by atoms with Crippen molar-refractivity contribution in [2.45, 2.75) is 31.8 Å². The number of rotatable bonds is 3. The third kappa shape index (κ3) is 3.08. The van der Waals surface area contributed by atoms with Crippen molar-refractivity contribution in [3.8, 4) is 0 Å². The largest absolute Gasteiger partial charge is 0.385 e. The van der Waals surface area contributed by atoms with Gasteiger partial charge in [-0.25, -0.2) is 0 Å². The fraction of sp³-hybridized carbons (Fsp3) is 0.588. The molecule has 1 aromatic heterocycles. The Hall–Kier alpha value is -1.95. The Balaban J connectivity index is 1.61. The van der Waals surface area contributed by atoms with Crippen molar-refractivity contribution in [1.82, 2.24) is 14.8 Å². The number of carbonyl (C=O) groups is 2. The molecule has 1 atom stereocenters. The molecule has 2 aliphatic heterocycles. The predicted molar refractivity (Wildman–Crippen MR) is 84.3 cm³/mol. The first kappa shape index (κ1) is 15.9. The van der Waals surface area contributed by atoms with Gasteiger partial charge in [0.15, 0.2) is 0 Å². The maximum absolute atomic E-state index is 12.6. The molecule has 2 saturated heterocycles. The molecule has 0 aromatic carbocycles. The molecule has 6 heteroatoms. The van der Waals surface area contributed by atoms with Crippen LogP contribution >= 0.6 is 0 Å². The van der Waals surface area contributed by atoms with Crippen LogP contribution in [0.5, 0.6) is 0 Å². The van der Waals surface area contributed by atoms with Crippen LogP contribution in [0.15, 0.2) is 24.5 Å². The molecule has 23 heavy (non-hydrogen) atoms. The zero-order valence-corrected chi connectivity index (χ0v) is 13.4. The topological polar surface area (TPSA) is 73.7 Å². The van der Waals surface area contributed by atoms with Gasteiger partial charge in [0.2, 0.25) is 11.8 Å². The lowest BCUT2D eigenvalue weighted by Gasteiger charge is -2.39. The van der Waals surface area contributed by atoms with Crippen molar-refractivity contribution in [2.75, 3.05) is 26.2 Å². The van der Waals surface area contributed by atoms with Crippen molar-refractivity contribution < 1.29 is 14.7 Å². The summed E-state index contributed by atoms with van der Waals surface area (Å²) in [4.78, 5) is 32.0. The van der Waals surface area contributed by atoms with Gasteiger partial charge in [-0.15, -0.1) is 0 Å². The van der Waals surface area contributed by atoms with Gasteiger partial charge in [0.25, 0.3) is 0 Å². The molecule has 0 aliphatic carbocycles. The van der Waals surface area contributed by atoms with E-state index >= 15 is 0 Å². The van der Waals surface area contributed by atoms with Gasteiger partial charge < -0.3 is 14.9 Å². The van der Waals surface area contributed by atoms with E-state index in [1.54, 1.807) is 22.2 Å². The summed E-state index contributed by atoms with van der Waals surface area (Å²) in [7, 11) is 0. The van der Waals surface area contributed by atoms with Gasteiger partial charge >= 0.3 is 0 Å². The molecule has 3 heterocycles. The second-order valence-corrected chi connectivity index (χ2v) is 6.43. The molecule has 3 rings (SSSR count). The Morgan fingerprint density at radius 2 is 2.17 bits per heavy atom. The lowest BCUT2D eigenvalue weighted by Crippen LogP contribution is -2.47. The molecular formula is C17H23N3O3. The second-order valence-electron chi connectivity index (χ2n) is 6.43. The summed E-state index contributed by atoms with van der Waals surface area (Å²) in [5.41, 5.74) is -0.105. The van der Waals surface area contributed by atoms with Crippen LogP contribution in [0.2, 0.25) is 0 Å². The van der Waals surface area contributed by atoms with Gasteiger partial charge in [0.1, 0.15) is 0 Å². The zero-order chi connectivity index (χ0) is 16.4. The molecule has 1 aromatic rings. The van der Waals surface area contributed by atoms with Crippen LogP contribution in [-0.2, 0) is 15.2 Å². The average molecular weight is 317 g/mol. The fourth-order valence-electron chi connectivity index (χ4n) is 3.53. The summed E-state index contributed by atoms with van der Waals surface area (Å²) in [6, 6.07) is 3.69. The Bertz CT molecular complexity index is 582. The van der Waals surface area contributed by atoms with E-state index in [0.29, 0.717) is 45.4 Å². The van der Waals surface area contributed by atoms with Crippen LogP contribution in [0.1, 0.15) is 31.7 Å². The first-order valence-corrected chi connectivity index (χ1v) is 8.23. The third-order valence-corrected chi connectivity index (χ3v) is 5.05. The van der Waals surface area contributed by atoms with E-state index in [4.69, 9.17) is 0 Å². The van der Waals surface area contributed by atoms with Crippen LogP contribution in [0.25, 0.3) is 0 Å². The molecule has 1 N–H and O–H groups in total. The third-order valence-electron chi connectivity index (χ3n) is 5.05. The second kappa shape index (κ2) is 6.28. The number of aromatic nitrogens is 1. The fourth-order valence-corrected chi connectivity index (χ4v) is 3.53. The number of piperidine rings is 1. The summed E-state index contributed by atoms with van der Waals surface area (Å²) in [6.07, 6.45) is 4.69. The molecule has 0 radical (unpaired) electrons. The number of pyridine rings is 1. The maximum atomic E-state index is 12.6. The van der Waals surface area contributed by atoms with Gasteiger partial charge in [-0.05, 0) is 25.8 Å². The van der Waals surface area contributed by atoms with Crippen molar-refractivity contribution >= 4 is 11.8 Å². The van der Waals surface area contributed by atoms with E-state index in [-0.39, 0.29) is 17.7 Å². The van der Waals surface area contributed by atoms with Crippen molar-refractivity contribution in [1.29, 1.82) is 0 Å². The standard InChI is InChI=1S/C17H23N3O3/c1-2-19-12-13(10-15(19)21)16(22)20-8-5-17(23,6-9-20)14-4-3-7-18-11-14/h3-4,7,11,13,23H,2,5-6,8-10,12H2,1H3/t13-/m1/s1. The molecule has 124 valence electrons. The molecule has 0 saturated carbocycles. The van der Waals surface area contributed by atoms with Crippen LogP contribution in [0.4, 0.5) is 0 Å². The van der Waals surface area contributed by atoms with Gasteiger partial charge in [0.05, 0.1) is 11.5 Å². The Kier molecular flexibility index (Phi) is 4.35. The SMILES string of the molecule is CCN1C[C@H](C(=O)N2CCC(O)(c3cccnc3)CC2)CC1=O. The summed E-state index contributed by atoms with van der Waals surface area (Å²) < 4.78 is 0. The van der Waals surface area contributed by atoms with Gasteiger partial charge in [-0.2, -0.15) is 0 Å². The quantitative estimate of drug-likeness (QED) is 0.893. The average Bonchev–Trinajstić information content (AvgIpc) is 2.97. The molecular weight excluding hydrogens is 294 g/mol. The number of amides is 2. The number of carbonyl (C=O) groups excluding carboxylic acids is 2. The van der Waals surface area contributed by atoms with Gasteiger partial charge in [0, 0.05) is 50.6 Å². The highest BCUT2D eigenvalue weighted by Crippen LogP contribution is 2.33. The highest BCUT2D eigenvalue weighted by atomic mass is 16.3. The van der Waals surface area contributed by atoms with E-state index in [2.05, 4.69) is 4.98 Å². The lowest BCUT2D eigenvalue weighted by molar-refractivity contribution is -0.140. The Labute approximate surface area is 136 Å². The Morgan fingerprint density at radius 1 is 1.43 bits per heavy atom. The minimum absolute atomic E-state index is 0.0440. The minimum Gasteiger partial charge on any atom is -0.385 e. The molecule has 2 amide bonds. The van der Waals surface area contributed by atoms with E-state index in [0.717, 1.165) is 5.56 Å². The van der Waals surface area contributed by atoms with Crippen LogP contribution in [-0.4, -0.2) is 57.9 Å². The van der Waals surface area contributed by atoms with Crippen molar-refractivity contribution in [2.24, 2.45) is 5.92 Å². The summed E-state index contributed by atoms with van der Waals surface area (Å²) in [5, 5.41) is 10.8. The normalized spacial score (nSPS) is 24.1. The maximum Gasteiger partial charge on any atom is 0.227 e. The summed E-state index contributed by atoms with van der Waals surface area (Å²) in [6.45, 7) is 4.14. The van der Waals surface area contributed by atoms with Crippen LogP contribution in [0, 0.1) is 5.92 Å². The number of aliphatic hydroxyl groups is 1. The van der Waals surface area contributed by atoms with E-state index in [1.165, 1.54) is 0 Å². The first-order chi connectivity index (χ1) is 11.0. The van der Waals surface area contributed by atoms with Crippen LogP contribution in [0.3, 0.4) is 0 Å². The van der Waals surface area contributed by atoms with E-state index < -0.39 is 5.60 Å². The molecule has 0 unspecified atom stereocenters. The zero-order valence-electron chi connectivity index (χ0n) is 13.4. The monoisotopic (exact) mass is 317 g/mol. The van der Waals surface area contributed by atoms with Gasteiger partial charge in [-0.3, -0.25) is 14.6 Å². The molecule has 0 spiro atoms. The van der Waals surface area contributed by atoms with E-state index in [9.17, 15) is 14.7 Å². The number of nitrogens with zero attached hydrogens (tertiary/aromatic N) is 3. The van der Waals surface area contributed by atoms with Gasteiger partial charge in [-0.1, -0.05) is 6.07 Å². The highest BCUT2D eigenvalue weighted by Gasteiger charge is 2.40. The number of likely N-dealkylation sites (tertiary alicyclic amines) is 2. The van der Waals surface area contributed by atoms with Crippen molar-refractivity contribution in [3.63, 3.8) is 0 Å². The number of hydrogen-bond acceptors (Lipinski definition) is 4. The summed E-state index contributed by atoms with van der Waals surface area (Å²) >= 11 is 0. The highest BCUT2D eigenvalue weighted by molar-refractivity contribution is 5.89. The first-order valence-electron chi connectivity index (χ1n) is 8.23. The minimum atomic E-state index is -0.911. The predicted octanol–water partition coefficient (Wildman–Crippen LogP) is 0.760. The molecule has 2 aliphatic rings. The Morgan fingerprint density at radius 3 is 2.74 bits per heavy atom. The van der Waals surface area contributed by atoms with E-state index in [1.807, 2.05) is 19.1 Å². The molecule has 6 nitrogen and oxygen atoms in total. The lowest BCUT2D eigenvalue weighted by atomic mass is 9.85. The number of hydrogen-bond donors (Lipinski definition) is 1. The van der Waals surface area contributed by atoms with Crippen molar-refractivity contribution in [3.05, 3.63) is 30.1 Å². The smallest absolute Gasteiger partial charge is 0.227 e.